The molecule has 0 bridgehead atoms. The van der Waals surface area contributed by atoms with E-state index in [2.05, 4.69) is 10.3 Å². The van der Waals surface area contributed by atoms with Crippen LogP contribution in [0.1, 0.15) is 25.3 Å². The van der Waals surface area contributed by atoms with Gasteiger partial charge in [-0.1, -0.05) is 0 Å². The first kappa shape index (κ1) is 16.8. The number of hydrogen-bond acceptors (Lipinski definition) is 7. The first-order valence-corrected chi connectivity index (χ1v) is 7.73. The van der Waals surface area contributed by atoms with Crippen LogP contribution in [0.25, 0.3) is 11.5 Å². The van der Waals surface area contributed by atoms with Crippen LogP contribution < -0.4 is 5.32 Å². The minimum absolute atomic E-state index is 0.192. The summed E-state index contributed by atoms with van der Waals surface area (Å²) in [4.78, 5) is 28.1. The van der Waals surface area contributed by atoms with E-state index in [-0.39, 0.29) is 5.57 Å². The van der Waals surface area contributed by atoms with Crippen LogP contribution in [-0.4, -0.2) is 22.7 Å². The van der Waals surface area contributed by atoms with Gasteiger partial charge in [0.1, 0.15) is 5.76 Å². The molecule has 1 saturated heterocycles. The number of nitrogens with one attached hydrogen (secondary N) is 1. The fraction of sp³-hybridized carbons (Fsp3) is 0.278. The molecule has 1 aliphatic heterocycles. The summed E-state index contributed by atoms with van der Waals surface area (Å²) in [6.07, 6.45) is 1.27. The van der Waals surface area contributed by atoms with Gasteiger partial charge in [0.2, 0.25) is 5.89 Å². The quantitative estimate of drug-likeness (QED) is 0.521. The van der Waals surface area contributed by atoms with Crippen LogP contribution in [0.5, 0.6) is 0 Å². The number of hydrogen-bond donors (Lipinski definition) is 1. The maximum atomic E-state index is 11.9. The fourth-order valence-corrected chi connectivity index (χ4v) is 2.24. The van der Waals surface area contributed by atoms with Crippen molar-refractivity contribution in [3.8, 4) is 11.5 Å². The Labute approximate surface area is 144 Å². The van der Waals surface area contributed by atoms with Crippen molar-refractivity contribution in [2.24, 2.45) is 0 Å². The largest absolute Gasteiger partial charge is 0.441 e. The number of anilines is 1. The summed E-state index contributed by atoms with van der Waals surface area (Å²) in [6.45, 7) is 6.74. The number of cyclic esters (lactones) is 2. The average molecular weight is 342 g/mol. The summed E-state index contributed by atoms with van der Waals surface area (Å²) < 4.78 is 15.6. The van der Waals surface area contributed by atoms with Gasteiger partial charge in [-0.15, -0.1) is 0 Å². The summed E-state index contributed by atoms with van der Waals surface area (Å²) in [5.74, 6) is -1.38. The number of rotatable bonds is 3. The highest BCUT2D eigenvalue weighted by atomic mass is 16.7. The molecule has 0 amide bonds. The number of benzene rings is 1. The molecular formula is C18H18N2O5. The first-order valence-electron chi connectivity index (χ1n) is 7.73. The highest BCUT2D eigenvalue weighted by Crippen LogP contribution is 2.24. The van der Waals surface area contributed by atoms with Crippen molar-refractivity contribution in [2.45, 2.75) is 33.5 Å². The lowest BCUT2D eigenvalue weighted by atomic mass is 10.2. The molecule has 2 heterocycles. The monoisotopic (exact) mass is 342 g/mol. The highest BCUT2D eigenvalue weighted by Gasteiger charge is 2.38. The molecule has 1 aromatic carbocycles. The summed E-state index contributed by atoms with van der Waals surface area (Å²) in [6, 6.07) is 7.22. The maximum absolute atomic E-state index is 11.9. The molecule has 0 radical (unpaired) electrons. The van der Waals surface area contributed by atoms with E-state index in [4.69, 9.17) is 13.9 Å². The minimum atomic E-state index is -1.25. The number of aromatic nitrogens is 1. The van der Waals surface area contributed by atoms with Gasteiger partial charge in [0.15, 0.2) is 5.57 Å². The topological polar surface area (TPSA) is 90.7 Å². The van der Waals surface area contributed by atoms with Gasteiger partial charge in [0, 0.05) is 31.3 Å². The Hall–Kier alpha value is -3.09. The van der Waals surface area contributed by atoms with Crippen molar-refractivity contribution in [3.63, 3.8) is 0 Å². The SMILES string of the molecule is Cc1nc(-c2ccc(NC=C3C(=O)OC(C)(C)OC3=O)cc2)oc1C. The van der Waals surface area contributed by atoms with E-state index < -0.39 is 17.7 Å². The molecule has 1 N–H and O–H groups in total. The highest BCUT2D eigenvalue weighted by molar-refractivity contribution is 6.15. The van der Waals surface area contributed by atoms with E-state index in [0.717, 1.165) is 17.0 Å². The van der Waals surface area contributed by atoms with Crippen molar-refractivity contribution in [2.75, 3.05) is 5.32 Å². The van der Waals surface area contributed by atoms with Gasteiger partial charge in [0.25, 0.3) is 5.79 Å². The predicted molar refractivity (Wildman–Crippen MR) is 89.4 cm³/mol. The number of carbonyl (C=O) groups excluding carboxylic acids is 2. The Balaban J connectivity index is 1.73. The van der Waals surface area contributed by atoms with Gasteiger partial charge in [-0.05, 0) is 38.1 Å². The van der Waals surface area contributed by atoms with Crippen molar-refractivity contribution < 1.29 is 23.5 Å². The molecule has 0 saturated carbocycles. The van der Waals surface area contributed by atoms with Gasteiger partial charge in [-0.3, -0.25) is 0 Å². The Kier molecular flexibility index (Phi) is 4.08. The lowest BCUT2D eigenvalue weighted by Crippen LogP contribution is -2.42. The summed E-state index contributed by atoms with van der Waals surface area (Å²) >= 11 is 0. The number of esters is 2. The zero-order valence-corrected chi connectivity index (χ0v) is 14.4. The molecule has 130 valence electrons. The van der Waals surface area contributed by atoms with Crippen LogP contribution in [0.4, 0.5) is 5.69 Å². The van der Waals surface area contributed by atoms with Crippen LogP contribution in [0.3, 0.4) is 0 Å². The zero-order valence-electron chi connectivity index (χ0n) is 14.4. The van der Waals surface area contributed by atoms with Gasteiger partial charge in [-0.2, -0.15) is 0 Å². The number of oxazole rings is 1. The molecule has 0 spiro atoms. The standard InChI is InChI=1S/C18H18N2O5/c1-10-11(2)23-15(20-10)12-5-7-13(8-6-12)19-9-14-16(21)24-18(3,4)25-17(14)22/h5-9,19H,1-4H3. The number of aryl methyl sites for hydroxylation is 2. The van der Waals surface area contributed by atoms with Crippen LogP contribution in [0, 0.1) is 13.8 Å². The van der Waals surface area contributed by atoms with E-state index in [1.54, 1.807) is 12.1 Å². The minimum Gasteiger partial charge on any atom is -0.441 e. The van der Waals surface area contributed by atoms with Crippen molar-refractivity contribution in [1.29, 1.82) is 0 Å². The van der Waals surface area contributed by atoms with E-state index >= 15 is 0 Å². The van der Waals surface area contributed by atoms with E-state index in [0.29, 0.717) is 11.6 Å². The van der Waals surface area contributed by atoms with Crippen LogP contribution in [-0.2, 0) is 19.1 Å². The van der Waals surface area contributed by atoms with E-state index in [1.165, 1.54) is 20.0 Å². The molecule has 1 aromatic heterocycles. The maximum Gasteiger partial charge on any atom is 0.350 e. The number of carbonyl (C=O) groups is 2. The van der Waals surface area contributed by atoms with Gasteiger partial charge in [0.05, 0.1) is 5.69 Å². The smallest absolute Gasteiger partial charge is 0.350 e. The third kappa shape index (κ3) is 3.55. The summed E-state index contributed by atoms with van der Waals surface area (Å²) in [5.41, 5.74) is 2.16. The number of ether oxygens (including phenoxy) is 2. The Bertz CT molecular complexity index is 821. The van der Waals surface area contributed by atoms with Gasteiger partial charge >= 0.3 is 11.9 Å². The third-order valence-corrected chi connectivity index (χ3v) is 3.66. The van der Waals surface area contributed by atoms with Gasteiger partial charge in [-0.25, -0.2) is 14.6 Å². The second-order valence-electron chi connectivity index (χ2n) is 6.12. The second-order valence-corrected chi connectivity index (χ2v) is 6.12. The second kappa shape index (κ2) is 6.08. The van der Waals surface area contributed by atoms with E-state index in [9.17, 15) is 9.59 Å². The molecule has 1 aliphatic rings. The zero-order chi connectivity index (χ0) is 18.2. The van der Waals surface area contributed by atoms with Crippen LogP contribution in [0.15, 0.2) is 40.5 Å². The molecule has 25 heavy (non-hydrogen) atoms. The summed E-state index contributed by atoms with van der Waals surface area (Å²) in [7, 11) is 0. The average Bonchev–Trinajstić information content (AvgIpc) is 2.85. The Morgan fingerprint density at radius 1 is 1.04 bits per heavy atom. The molecular weight excluding hydrogens is 324 g/mol. The normalized spacial score (nSPS) is 16.2. The molecule has 0 unspecified atom stereocenters. The van der Waals surface area contributed by atoms with Crippen LogP contribution >= 0.6 is 0 Å². The van der Waals surface area contributed by atoms with Crippen LogP contribution in [0.2, 0.25) is 0 Å². The molecule has 1 fully saturated rings. The van der Waals surface area contributed by atoms with Crippen molar-refractivity contribution in [3.05, 3.63) is 47.5 Å². The lowest BCUT2D eigenvalue weighted by Gasteiger charge is -2.29. The Morgan fingerprint density at radius 2 is 1.64 bits per heavy atom. The predicted octanol–water partition coefficient (Wildman–Crippen LogP) is 3.09. The molecule has 0 atom stereocenters. The molecule has 3 rings (SSSR count). The number of nitrogens with zero attached hydrogens (tertiary/aromatic N) is 1. The fourth-order valence-electron chi connectivity index (χ4n) is 2.24. The van der Waals surface area contributed by atoms with Crippen molar-refractivity contribution in [1.82, 2.24) is 4.98 Å². The molecule has 2 aromatic rings. The van der Waals surface area contributed by atoms with Crippen molar-refractivity contribution >= 4 is 17.6 Å². The molecule has 7 nitrogen and oxygen atoms in total. The molecule has 0 aliphatic carbocycles. The Morgan fingerprint density at radius 3 is 2.16 bits per heavy atom. The third-order valence-electron chi connectivity index (χ3n) is 3.66. The van der Waals surface area contributed by atoms with E-state index in [1.807, 2.05) is 26.0 Å². The lowest BCUT2D eigenvalue weighted by molar-refractivity contribution is -0.222. The molecule has 7 heteroatoms. The summed E-state index contributed by atoms with van der Waals surface area (Å²) in [5, 5.41) is 2.88. The van der Waals surface area contributed by atoms with Gasteiger partial charge < -0.3 is 19.2 Å². The first-order chi connectivity index (χ1) is 11.7.